The van der Waals surface area contributed by atoms with Crippen molar-refractivity contribution in [2.45, 2.75) is 25.9 Å². The maximum Gasteiger partial charge on any atom is 0.0906 e. The number of aliphatic hydroxyl groups excluding tert-OH is 1. The molecule has 1 unspecified atom stereocenters. The Bertz CT molecular complexity index is 321. The molecule has 0 saturated heterocycles. The highest BCUT2D eigenvalue weighted by molar-refractivity contribution is 7.10. The Balaban J connectivity index is 2.52. The van der Waals surface area contributed by atoms with Crippen molar-refractivity contribution in [2.75, 3.05) is 0 Å². The molecule has 0 spiro atoms. The molecule has 13 heavy (non-hydrogen) atoms. The van der Waals surface area contributed by atoms with Gasteiger partial charge >= 0.3 is 0 Å². The van der Waals surface area contributed by atoms with E-state index in [9.17, 15) is 5.11 Å². The van der Waals surface area contributed by atoms with Crippen LogP contribution in [-0.2, 0) is 0 Å². The van der Waals surface area contributed by atoms with Gasteiger partial charge in [-0.1, -0.05) is 11.6 Å². The van der Waals surface area contributed by atoms with Crippen LogP contribution in [0.4, 0.5) is 0 Å². The second-order valence-electron chi connectivity index (χ2n) is 2.61. The van der Waals surface area contributed by atoms with Crippen LogP contribution in [0.2, 0.25) is 5.02 Å². The third-order valence-corrected chi connectivity index (χ3v) is 3.13. The van der Waals surface area contributed by atoms with Crippen LogP contribution in [0.3, 0.4) is 0 Å². The van der Waals surface area contributed by atoms with Gasteiger partial charge in [-0.25, -0.2) is 0 Å². The van der Waals surface area contributed by atoms with Gasteiger partial charge in [0, 0.05) is 6.42 Å². The van der Waals surface area contributed by atoms with E-state index >= 15 is 0 Å². The van der Waals surface area contributed by atoms with E-state index in [2.05, 4.69) is 11.8 Å². The highest BCUT2D eigenvalue weighted by Gasteiger charge is 2.11. The molecule has 1 rings (SSSR count). The van der Waals surface area contributed by atoms with Gasteiger partial charge in [-0.05, 0) is 24.8 Å². The molecule has 1 aromatic heterocycles. The molecule has 0 radical (unpaired) electrons. The molecule has 1 N–H and O–H groups in total. The molecular weight excluding hydrogens is 204 g/mol. The summed E-state index contributed by atoms with van der Waals surface area (Å²) < 4.78 is 0. The summed E-state index contributed by atoms with van der Waals surface area (Å²) >= 11 is 7.35. The lowest BCUT2D eigenvalue weighted by molar-refractivity contribution is 0.173. The molecule has 70 valence electrons. The van der Waals surface area contributed by atoms with E-state index in [1.807, 2.05) is 5.38 Å². The quantitative estimate of drug-likeness (QED) is 0.766. The van der Waals surface area contributed by atoms with E-state index in [1.165, 1.54) is 11.3 Å². The molecule has 1 nitrogen and oxygen atoms in total. The Morgan fingerprint density at radius 3 is 3.00 bits per heavy atom. The normalized spacial score (nSPS) is 11.9. The first-order valence-electron chi connectivity index (χ1n) is 4.06. The van der Waals surface area contributed by atoms with Crippen molar-refractivity contribution in [3.8, 4) is 11.8 Å². The lowest BCUT2D eigenvalue weighted by atomic mass is 10.2. The summed E-state index contributed by atoms with van der Waals surface area (Å²) in [6.45, 7) is 1.80. The van der Waals surface area contributed by atoms with Crippen LogP contribution in [-0.4, -0.2) is 5.11 Å². The van der Waals surface area contributed by atoms with E-state index in [-0.39, 0.29) is 0 Å². The van der Waals surface area contributed by atoms with E-state index in [4.69, 9.17) is 11.6 Å². The molecule has 0 saturated carbocycles. The van der Waals surface area contributed by atoms with Crippen molar-refractivity contribution in [3.63, 3.8) is 0 Å². The monoisotopic (exact) mass is 214 g/mol. The van der Waals surface area contributed by atoms with Crippen LogP contribution >= 0.6 is 22.9 Å². The molecule has 1 atom stereocenters. The van der Waals surface area contributed by atoms with Crippen LogP contribution in [0.5, 0.6) is 0 Å². The summed E-state index contributed by atoms with van der Waals surface area (Å²) in [6.07, 6.45) is 0.904. The summed E-state index contributed by atoms with van der Waals surface area (Å²) in [4.78, 5) is 0.847. The first kappa shape index (κ1) is 10.6. The first-order valence-corrected chi connectivity index (χ1v) is 5.32. The lowest BCUT2D eigenvalue weighted by Crippen LogP contribution is -1.93. The lowest BCUT2D eigenvalue weighted by Gasteiger charge is -2.05. The molecule has 3 heteroatoms. The molecule has 0 aliphatic heterocycles. The van der Waals surface area contributed by atoms with E-state index < -0.39 is 6.10 Å². The van der Waals surface area contributed by atoms with Crippen molar-refractivity contribution < 1.29 is 5.11 Å². The molecule has 0 aliphatic rings. The highest BCUT2D eigenvalue weighted by Crippen LogP contribution is 2.30. The largest absolute Gasteiger partial charge is 0.387 e. The molecule has 1 heterocycles. The molecule has 1 aromatic rings. The third-order valence-electron chi connectivity index (χ3n) is 1.67. The van der Waals surface area contributed by atoms with Crippen LogP contribution < -0.4 is 0 Å². The zero-order valence-corrected chi connectivity index (χ0v) is 8.95. The minimum atomic E-state index is -0.464. The van der Waals surface area contributed by atoms with E-state index in [1.54, 1.807) is 13.0 Å². The SMILES string of the molecule is CC#CCCC(O)c1sccc1Cl. The molecule has 0 aromatic carbocycles. The van der Waals surface area contributed by atoms with Gasteiger partial charge in [0.15, 0.2) is 0 Å². The number of halogens is 1. The smallest absolute Gasteiger partial charge is 0.0906 e. The number of hydrogen-bond donors (Lipinski definition) is 1. The fraction of sp³-hybridized carbons (Fsp3) is 0.400. The van der Waals surface area contributed by atoms with Crippen LogP contribution in [0.25, 0.3) is 0 Å². The Hall–Kier alpha value is -0.490. The van der Waals surface area contributed by atoms with Crippen LogP contribution in [0, 0.1) is 11.8 Å². The number of thiophene rings is 1. The Labute approximate surface area is 87.4 Å². The topological polar surface area (TPSA) is 20.2 Å². The van der Waals surface area contributed by atoms with Gasteiger partial charge in [-0.15, -0.1) is 23.2 Å². The fourth-order valence-corrected chi connectivity index (χ4v) is 2.21. The predicted octanol–water partition coefficient (Wildman–Crippen LogP) is 3.24. The van der Waals surface area contributed by atoms with Gasteiger partial charge in [0.05, 0.1) is 16.0 Å². The second kappa shape index (κ2) is 5.29. The van der Waals surface area contributed by atoms with Gasteiger partial charge in [-0.3, -0.25) is 0 Å². The molecule has 0 bridgehead atoms. The van der Waals surface area contributed by atoms with E-state index in [0.717, 1.165) is 4.88 Å². The number of aliphatic hydroxyl groups is 1. The zero-order chi connectivity index (χ0) is 9.68. The van der Waals surface area contributed by atoms with Gasteiger partial charge in [0.2, 0.25) is 0 Å². The van der Waals surface area contributed by atoms with Gasteiger partial charge < -0.3 is 5.11 Å². The summed E-state index contributed by atoms with van der Waals surface area (Å²) in [5.74, 6) is 5.70. The maximum absolute atomic E-state index is 9.68. The van der Waals surface area contributed by atoms with E-state index in [0.29, 0.717) is 17.9 Å². The minimum Gasteiger partial charge on any atom is -0.387 e. The molecular formula is C10H11ClOS. The highest BCUT2D eigenvalue weighted by atomic mass is 35.5. The maximum atomic E-state index is 9.68. The summed E-state index contributed by atoms with van der Waals surface area (Å²) in [5.41, 5.74) is 0. The summed E-state index contributed by atoms with van der Waals surface area (Å²) in [7, 11) is 0. The van der Waals surface area contributed by atoms with Crippen molar-refractivity contribution in [1.82, 2.24) is 0 Å². The second-order valence-corrected chi connectivity index (χ2v) is 3.97. The number of rotatable bonds is 3. The summed E-state index contributed by atoms with van der Waals surface area (Å²) in [5, 5.41) is 12.2. The predicted molar refractivity (Wildman–Crippen MR) is 57.0 cm³/mol. The average Bonchev–Trinajstić information content (AvgIpc) is 2.52. The van der Waals surface area contributed by atoms with Gasteiger partial charge in [0.25, 0.3) is 0 Å². The van der Waals surface area contributed by atoms with Crippen LogP contribution in [0.15, 0.2) is 11.4 Å². The Morgan fingerprint density at radius 2 is 2.46 bits per heavy atom. The molecule has 0 fully saturated rings. The van der Waals surface area contributed by atoms with Crippen molar-refractivity contribution >= 4 is 22.9 Å². The van der Waals surface area contributed by atoms with Crippen LogP contribution in [0.1, 0.15) is 30.7 Å². The fourth-order valence-electron chi connectivity index (χ4n) is 1.01. The average molecular weight is 215 g/mol. The Kier molecular flexibility index (Phi) is 4.31. The molecule has 0 aliphatic carbocycles. The number of hydrogen-bond acceptors (Lipinski definition) is 2. The zero-order valence-electron chi connectivity index (χ0n) is 7.38. The summed E-state index contributed by atoms with van der Waals surface area (Å²) in [6, 6.07) is 1.80. The third kappa shape index (κ3) is 3.04. The minimum absolute atomic E-state index is 0.464. The Morgan fingerprint density at radius 1 is 1.69 bits per heavy atom. The van der Waals surface area contributed by atoms with Gasteiger partial charge in [-0.2, -0.15) is 0 Å². The molecule has 0 amide bonds. The van der Waals surface area contributed by atoms with Crippen molar-refractivity contribution in [1.29, 1.82) is 0 Å². The van der Waals surface area contributed by atoms with Gasteiger partial charge in [0.1, 0.15) is 0 Å². The van der Waals surface area contributed by atoms with Crippen molar-refractivity contribution in [2.24, 2.45) is 0 Å². The first-order chi connectivity index (χ1) is 6.25. The van der Waals surface area contributed by atoms with Crippen molar-refractivity contribution in [3.05, 3.63) is 21.3 Å². The standard InChI is InChI=1S/C10H11ClOS/c1-2-3-4-5-9(12)10-8(11)6-7-13-10/h6-7,9,12H,4-5H2,1H3.